The molecule has 9 heavy (non-hydrogen) atoms. The van der Waals surface area contributed by atoms with Gasteiger partial charge in [-0.25, -0.2) is 0 Å². The quantitative estimate of drug-likeness (QED) is 0.446. The lowest BCUT2D eigenvalue weighted by atomic mass is 10.2. The number of hydrogen-bond acceptors (Lipinski definition) is 3. The summed E-state index contributed by atoms with van der Waals surface area (Å²) in [5.74, 6) is -1.00. The second-order valence-electron chi connectivity index (χ2n) is 1.62. The van der Waals surface area contributed by atoms with Crippen LogP contribution in [0.3, 0.4) is 0 Å². The molecule has 0 aliphatic rings. The molecule has 0 rings (SSSR count). The van der Waals surface area contributed by atoms with E-state index in [9.17, 15) is 4.79 Å². The van der Waals surface area contributed by atoms with Gasteiger partial charge in [0.2, 0.25) is 0 Å². The first kappa shape index (κ1) is 9.12. The van der Waals surface area contributed by atoms with Gasteiger partial charge < -0.3 is 16.6 Å². The van der Waals surface area contributed by atoms with Crippen LogP contribution >= 0.6 is 22.6 Å². The summed E-state index contributed by atoms with van der Waals surface area (Å²) in [4.78, 5) is 10.1. The number of halogens is 1. The average Bonchev–Trinajstić information content (AvgIpc) is 1.84. The summed E-state index contributed by atoms with van der Waals surface area (Å²) in [5, 5.41) is 8.30. The van der Waals surface area contributed by atoms with Crippen LogP contribution in [-0.2, 0) is 4.79 Å². The Hall–Kier alpha value is 0.120. The first-order valence-electron chi connectivity index (χ1n) is 2.42. The van der Waals surface area contributed by atoms with Crippen molar-refractivity contribution in [3.8, 4) is 0 Å². The van der Waals surface area contributed by atoms with Crippen molar-refractivity contribution in [1.82, 2.24) is 0 Å². The van der Waals surface area contributed by atoms with Crippen molar-refractivity contribution in [2.45, 2.75) is 9.97 Å². The van der Waals surface area contributed by atoms with Crippen LogP contribution in [0.4, 0.5) is 0 Å². The van der Waals surface area contributed by atoms with Crippen LogP contribution in [0.15, 0.2) is 0 Å². The highest BCUT2D eigenvalue weighted by atomic mass is 127. The highest BCUT2D eigenvalue weighted by Crippen LogP contribution is 2.01. The lowest BCUT2D eigenvalue weighted by Crippen LogP contribution is -2.42. The van der Waals surface area contributed by atoms with E-state index >= 15 is 0 Å². The zero-order chi connectivity index (χ0) is 7.44. The minimum Gasteiger partial charge on any atom is -0.480 e. The molecule has 4 nitrogen and oxygen atoms in total. The third-order valence-corrected chi connectivity index (χ3v) is 2.18. The fourth-order valence-electron chi connectivity index (χ4n) is 0.301. The van der Waals surface area contributed by atoms with E-state index in [1.807, 2.05) is 22.6 Å². The lowest BCUT2D eigenvalue weighted by molar-refractivity contribution is -0.138. The zero-order valence-electron chi connectivity index (χ0n) is 4.75. The predicted octanol–water partition coefficient (Wildman–Crippen LogP) is -0.839. The maximum absolute atomic E-state index is 10.1. The minimum atomic E-state index is -1.00. The molecule has 5 heteroatoms. The van der Waals surface area contributed by atoms with Gasteiger partial charge in [-0.1, -0.05) is 22.6 Å². The first-order chi connectivity index (χ1) is 4.09. The van der Waals surface area contributed by atoms with E-state index in [4.69, 9.17) is 16.6 Å². The maximum Gasteiger partial charge on any atom is 0.321 e. The summed E-state index contributed by atoms with van der Waals surface area (Å²) in [7, 11) is 0. The van der Waals surface area contributed by atoms with Crippen molar-refractivity contribution >= 4 is 28.6 Å². The second kappa shape index (κ2) is 4.02. The Balaban J connectivity index is 3.72. The van der Waals surface area contributed by atoms with E-state index < -0.39 is 12.0 Å². The zero-order valence-corrected chi connectivity index (χ0v) is 6.91. The predicted molar refractivity (Wildman–Crippen MR) is 42.5 cm³/mol. The number of carbonyl (C=O) groups is 1. The molecule has 2 atom stereocenters. The molecule has 0 aromatic heterocycles. The number of alkyl halides is 1. The Morgan fingerprint density at radius 2 is 2.22 bits per heavy atom. The summed E-state index contributed by atoms with van der Waals surface area (Å²) in [6, 6.07) is -0.837. The highest BCUT2D eigenvalue weighted by molar-refractivity contribution is 14.1. The van der Waals surface area contributed by atoms with Gasteiger partial charge in [-0.3, -0.25) is 4.79 Å². The smallest absolute Gasteiger partial charge is 0.321 e. The van der Waals surface area contributed by atoms with Gasteiger partial charge in [0.05, 0.1) is 0 Å². The molecule has 0 aliphatic carbocycles. The number of carboxylic acids is 1. The molecular weight excluding hydrogens is 235 g/mol. The average molecular weight is 244 g/mol. The van der Waals surface area contributed by atoms with E-state index in [2.05, 4.69) is 0 Å². The molecule has 5 N–H and O–H groups in total. The van der Waals surface area contributed by atoms with Gasteiger partial charge in [0.15, 0.2) is 0 Å². The van der Waals surface area contributed by atoms with E-state index in [1.54, 1.807) is 0 Å². The monoisotopic (exact) mass is 244 g/mol. The number of rotatable bonds is 3. The van der Waals surface area contributed by atoms with Crippen LogP contribution in [0.1, 0.15) is 0 Å². The maximum atomic E-state index is 10.1. The van der Waals surface area contributed by atoms with E-state index in [1.165, 1.54) is 0 Å². The molecule has 0 amide bonds. The summed E-state index contributed by atoms with van der Waals surface area (Å²) in [6.07, 6.45) is 0. The van der Waals surface area contributed by atoms with E-state index in [0.29, 0.717) is 6.54 Å². The number of nitrogens with two attached hydrogens (primary N) is 2. The second-order valence-corrected chi connectivity index (χ2v) is 3.22. The summed E-state index contributed by atoms with van der Waals surface area (Å²) in [6.45, 7) is 0.300. The summed E-state index contributed by atoms with van der Waals surface area (Å²) < 4.78 is -0.180. The largest absolute Gasteiger partial charge is 0.480 e. The number of carboxylic acid groups (broad SMARTS) is 1. The van der Waals surface area contributed by atoms with Crippen LogP contribution in [0.25, 0.3) is 0 Å². The van der Waals surface area contributed by atoms with Crippen molar-refractivity contribution in [3.63, 3.8) is 0 Å². The molecule has 0 fully saturated rings. The Kier molecular flexibility index (Phi) is 4.07. The Morgan fingerprint density at radius 1 is 1.78 bits per heavy atom. The van der Waals surface area contributed by atoms with Crippen molar-refractivity contribution < 1.29 is 9.90 Å². The molecular formula is C4H9IN2O2. The number of aliphatic carboxylic acids is 1. The van der Waals surface area contributed by atoms with E-state index in [-0.39, 0.29) is 3.92 Å². The molecule has 0 aliphatic heterocycles. The SMILES string of the molecule is NCC(I)C(N)C(=O)O. The van der Waals surface area contributed by atoms with Crippen molar-refractivity contribution in [2.24, 2.45) is 11.5 Å². The third-order valence-electron chi connectivity index (χ3n) is 0.900. The van der Waals surface area contributed by atoms with Gasteiger partial charge in [-0.15, -0.1) is 0 Å². The van der Waals surface area contributed by atoms with Crippen LogP contribution in [-0.4, -0.2) is 27.6 Å². The first-order valence-corrected chi connectivity index (χ1v) is 3.66. The Labute approximate surface area is 66.7 Å². The van der Waals surface area contributed by atoms with Gasteiger partial charge in [-0.2, -0.15) is 0 Å². The molecule has 0 aromatic carbocycles. The van der Waals surface area contributed by atoms with Gasteiger partial charge in [0, 0.05) is 10.5 Å². The van der Waals surface area contributed by atoms with Gasteiger partial charge in [0.1, 0.15) is 6.04 Å². The van der Waals surface area contributed by atoms with Crippen molar-refractivity contribution in [2.75, 3.05) is 6.54 Å². The highest BCUT2D eigenvalue weighted by Gasteiger charge is 2.19. The normalized spacial score (nSPS) is 16.8. The Morgan fingerprint density at radius 3 is 2.33 bits per heavy atom. The molecule has 0 aromatic rings. The standard InChI is InChI=1S/C4H9IN2O2/c5-2(1-6)3(7)4(8)9/h2-3H,1,6-7H2,(H,8,9). The molecule has 2 unspecified atom stereocenters. The third kappa shape index (κ3) is 2.97. The van der Waals surface area contributed by atoms with Crippen molar-refractivity contribution in [1.29, 1.82) is 0 Å². The minimum absolute atomic E-state index is 0.180. The van der Waals surface area contributed by atoms with Crippen LogP contribution in [0, 0.1) is 0 Å². The molecule has 0 spiro atoms. The van der Waals surface area contributed by atoms with Gasteiger partial charge in [0.25, 0.3) is 0 Å². The van der Waals surface area contributed by atoms with Crippen molar-refractivity contribution in [3.05, 3.63) is 0 Å². The van der Waals surface area contributed by atoms with Gasteiger partial charge >= 0.3 is 5.97 Å². The molecule has 0 heterocycles. The number of hydrogen-bond donors (Lipinski definition) is 3. The van der Waals surface area contributed by atoms with Crippen LogP contribution in [0.2, 0.25) is 0 Å². The lowest BCUT2D eigenvalue weighted by Gasteiger charge is -2.10. The van der Waals surface area contributed by atoms with E-state index in [0.717, 1.165) is 0 Å². The molecule has 0 saturated carbocycles. The molecule has 0 saturated heterocycles. The Bertz CT molecular complexity index is 109. The van der Waals surface area contributed by atoms with Gasteiger partial charge in [-0.05, 0) is 0 Å². The summed E-state index contributed by atoms with van der Waals surface area (Å²) >= 11 is 1.92. The topological polar surface area (TPSA) is 89.3 Å². The van der Waals surface area contributed by atoms with Crippen LogP contribution in [0.5, 0.6) is 0 Å². The molecule has 0 radical (unpaired) electrons. The fraction of sp³-hybridized carbons (Fsp3) is 0.750. The molecule has 54 valence electrons. The molecule has 0 bridgehead atoms. The van der Waals surface area contributed by atoms with Crippen LogP contribution < -0.4 is 11.5 Å². The summed E-state index contributed by atoms with van der Waals surface area (Å²) in [5.41, 5.74) is 10.3. The fourth-order valence-corrected chi connectivity index (χ4v) is 0.609.